The van der Waals surface area contributed by atoms with Crippen molar-refractivity contribution in [2.45, 2.75) is 27.2 Å². The summed E-state index contributed by atoms with van der Waals surface area (Å²) in [5.41, 5.74) is 3.93. The molecule has 0 aromatic carbocycles. The van der Waals surface area contributed by atoms with Crippen molar-refractivity contribution in [2.24, 2.45) is 0 Å². The van der Waals surface area contributed by atoms with Gasteiger partial charge in [-0.15, -0.1) is 0 Å². The van der Waals surface area contributed by atoms with Crippen molar-refractivity contribution in [1.82, 2.24) is 4.98 Å². The highest BCUT2D eigenvalue weighted by Gasteiger charge is 1.99. The molecule has 1 heteroatoms. The van der Waals surface area contributed by atoms with Gasteiger partial charge in [0.1, 0.15) is 0 Å². The van der Waals surface area contributed by atoms with Crippen LogP contribution >= 0.6 is 0 Å². The van der Waals surface area contributed by atoms with Crippen LogP contribution in [0.3, 0.4) is 0 Å². The standard InChI is InChI=1S/C8H12N/c1-4-8-6(2)5-9-7(8)3/h9H,4H2,1-3H3. The number of H-pyrrole nitrogens is 1. The molecule has 0 bridgehead atoms. The SMILES string of the molecule is CCc1c(C)[c][nH]c1C. The van der Waals surface area contributed by atoms with Crippen LogP contribution in [0.4, 0.5) is 0 Å². The number of rotatable bonds is 1. The third kappa shape index (κ3) is 0.995. The van der Waals surface area contributed by atoms with Crippen molar-refractivity contribution in [3.8, 4) is 0 Å². The van der Waals surface area contributed by atoms with Gasteiger partial charge in [-0.3, -0.25) is 0 Å². The van der Waals surface area contributed by atoms with Crippen LogP contribution in [-0.2, 0) is 6.42 Å². The second-order valence-corrected chi connectivity index (χ2v) is 2.33. The summed E-state index contributed by atoms with van der Waals surface area (Å²) in [5, 5.41) is 0. The van der Waals surface area contributed by atoms with E-state index in [1.54, 1.807) is 0 Å². The largest absolute Gasteiger partial charge is 0.357 e. The average molecular weight is 122 g/mol. The molecular weight excluding hydrogens is 110 g/mol. The molecule has 0 spiro atoms. The lowest BCUT2D eigenvalue weighted by atomic mass is 10.1. The lowest BCUT2D eigenvalue weighted by Crippen LogP contribution is -1.82. The third-order valence-corrected chi connectivity index (χ3v) is 1.70. The van der Waals surface area contributed by atoms with Crippen LogP contribution in [0.1, 0.15) is 23.7 Å². The van der Waals surface area contributed by atoms with E-state index in [2.05, 4.69) is 32.0 Å². The fraction of sp³-hybridized carbons (Fsp3) is 0.500. The molecule has 1 rings (SSSR count). The van der Waals surface area contributed by atoms with Gasteiger partial charge in [0.05, 0.1) is 6.20 Å². The molecule has 0 saturated carbocycles. The van der Waals surface area contributed by atoms with Crippen molar-refractivity contribution in [2.75, 3.05) is 0 Å². The molecule has 49 valence electrons. The van der Waals surface area contributed by atoms with E-state index < -0.39 is 0 Å². The fourth-order valence-corrected chi connectivity index (χ4v) is 1.15. The van der Waals surface area contributed by atoms with Crippen molar-refractivity contribution < 1.29 is 0 Å². The highest BCUT2D eigenvalue weighted by molar-refractivity contribution is 5.27. The first-order valence-electron chi connectivity index (χ1n) is 3.31. The Labute approximate surface area is 56.1 Å². The first kappa shape index (κ1) is 6.40. The monoisotopic (exact) mass is 122 g/mol. The van der Waals surface area contributed by atoms with Crippen LogP contribution in [0.5, 0.6) is 0 Å². The molecule has 1 heterocycles. The number of nitrogens with one attached hydrogen (secondary N) is 1. The average Bonchev–Trinajstić information content (AvgIpc) is 2.12. The van der Waals surface area contributed by atoms with E-state index >= 15 is 0 Å². The van der Waals surface area contributed by atoms with E-state index in [-0.39, 0.29) is 0 Å². The zero-order valence-corrected chi connectivity index (χ0v) is 6.21. The van der Waals surface area contributed by atoms with Gasteiger partial charge in [-0.2, -0.15) is 0 Å². The number of hydrogen-bond acceptors (Lipinski definition) is 0. The summed E-state index contributed by atoms with van der Waals surface area (Å²) in [7, 11) is 0. The van der Waals surface area contributed by atoms with Gasteiger partial charge in [0.15, 0.2) is 0 Å². The van der Waals surface area contributed by atoms with Gasteiger partial charge in [0, 0.05) is 5.69 Å². The normalized spacial score (nSPS) is 10.1. The lowest BCUT2D eigenvalue weighted by Gasteiger charge is -1.93. The molecule has 1 nitrogen and oxygen atoms in total. The van der Waals surface area contributed by atoms with Crippen LogP contribution in [-0.4, -0.2) is 4.98 Å². The van der Waals surface area contributed by atoms with Gasteiger partial charge in [0.25, 0.3) is 0 Å². The van der Waals surface area contributed by atoms with E-state index in [0.717, 1.165) is 6.42 Å². The zero-order valence-electron chi connectivity index (χ0n) is 6.21. The maximum absolute atomic E-state index is 3.06. The number of aromatic amines is 1. The summed E-state index contributed by atoms with van der Waals surface area (Å²) >= 11 is 0. The minimum atomic E-state index is 1.11. The van der Waals surface area contributed by atoms with Crippen molar-refractivity contribution >= 4 is 0 Å². The Morgan fingerprint density at radius 1 is 1.44 bits per heavy atom. The molecule has 1 radical (unpaired) electrons. The van der Waals surface area contributed by atoms with Crippen molar-refractivity contribution in [1.29, 1.82) is 0 Å². The second-order valence-electron chi connectivity index (χ2n) is 2.33. The molecule has 1 aromatic rings. The summed E-state index contributed by atoms with van der Waals surface area (Å²) in [6.07, 6.45) is 4.17. The minimum Gasteiger partial charge on any atom is -0.357 e. The van der Waals surface area contributed by atoms with Gasteiger partial charge in [0.2, 0.25) is 0 Å². The fourth-order valence-electron chi connectivity index (χ4n) is 1.15. The Balaban J connectivity index is 3.07. The van der Waals surface area contributed by atoms with Crippen LogP contribution in [0.25, 0.3) is 0 Å². The molecule has 1 N–H and O–H groups in total. The molecule has 0 unspecified atom stereocenters. The Morgan fingerprint density at radius 2 is 2.11 bits per heavy atom. The molecule has 9 heavy (non-hydrogen) atoms. The maximum Gasteiger partial charge on any atom is 0.0657 e. The third-order valence-electron chi connectivity index (χ3n) is 1.70. The molecule has 0 saturated heterocycles. The van der Waals surface area contributed by atoms with Gasteiger partial charge in [-0.05, 0) is 31.4 Å². The van der Waals surface area contributed by atoms with Crippen LogP contribution in [0.2, 0.25) is 0 Å². The smallest absolute Gasteiger partial charge is 0.0657 e. The predicted octanol–water partition coefficient (Wildman–Crippen LogP) is 1.99. The molecular formula is C8H12N. The van der Waals surface area contributed by atoms with E-state index in [4.69, 9.17) is 0 Å². The van der Waals surface area contributed by atoms with E-state index in [9.17, 15) is 0 Å². The van der Waals surface area contributed by atoms with E-state index in [0.29, 0.717) is 0 Å². The zero-order chi connectivity index (χ0) is 6.85. The summed E-state index contributed by atoms with van der Waals surface area (Å²) in [4.78, 5) is 3.06. The van der Waals surface area contributed by atoms with Crippen LogP contribution < -0.4 is 0 Å². The predicted molar refractivity (Wildman–Crippen MR) is 38.5 cm³/mol. The first-order chi connectivity index (χ1) is 4.25. The Morgan fingerprint density at radius 3 is 2.33 bits per heavy atom. The number of aryl methyl sites for hydroxylation is 2. The van der Waals surface area contributed by atoms with Gasteiger partial charge in [-0.1, -0.05) is 6.92 Å². The Bertz CT molecular complexity index is 179. The highest BCUT2D eigenvalue weighted by Crippen LogP contribution is 2.10. The van der Waals surface area contributed by atoms with Gasteiger partial charge < -0.3 is 4.98 Å². The van der Waals surface area contributed by atoms with E-state index in [1.165, 1.54) is 16.8 Å². The molecule has 1 aromatic heterocycles. The topological polar surface area (TPSA) is 15.8 Å². The maximum atomic E-state index is 3.06. The van der Waals surface area contributed by atoms with Crippen LogP contribution in [0.15, 0.2) is 0 Å². The quantitative estimate of drug-likeness (QED) is 0.586. The molecule has 0 aliphatic carbocycles. The second kappa shape index (κ2) is 2.26. The van der Waals surface area contributed by atoms with Gasteiger partial charge in [-0.25, -0.2) is 0 Å². The van der Waals surface area contributed by atoms with Crippen LogP contribution in [0, 0.1) is 20.0 Å². The summed E-state index contributed by atoms with van der Waals surface area (Å²) in [5.74, 6) is 0. The van der Waals surface area contributed by atoms with Crippen molar-refractivity contribution in [3.05, 3.63) is 23.0 Å². The summed E-state index contributed by atoms with van der Waals surface area (Å²) in [6.45, 7) is 6.34. The molecule has 0 fully saturated rings. The lowest BCUT2D eigenvalue weighted by molar-refractivity contribution is 1.08. The Kier molecular flexibility index (Phi) is 1.60. The minimum absolute atomic E-state index is 1.11. The van der Waals surface area contributed by atoms with E-state index in [1.807, 2.05) is 0 Å². The molecule has 0 amide bonds. The first-order valence-corrected chi connectivity index (χ1v) is 3.31. The number of aromatic nitrogens is 1. The molecule has 0 atom stereocenters. The number of hydrogen-bond donors (Lipinski definition) is 1. The molecule has 0 aliphatic heterocycles. The summed E-state index contributed by atoms with van der Waals surface area (Å²) < 4.78 is 0. The highest BCUT2D eigenvalue weighted by atomic mass is 14.7. The Hall–Kier alpha value is -0.720. The van der Waals surface area contributed by atoms with Crippen molar-refractivity contribution in [3.63, 3.8) is 0 Å². The molecule has 0 aliphatic rings. The van der Waals surface area contributed by atoms with Gasteiger partial charge >= 0.3 is 0 Å². The summed E-state index contributed by atoms with van der Waals surface area (Å²) in [6, 6.07) is 0.